The molecular formula is C11H11BrFN3O. The van der Waals surface area contributed by atoms with Gasteiger partial charge in [0.15, 0.2) is 0 Å². The van der Waals surface area contributed by atoms with E-state index in [9.17, 15) is 9.50 Å². The first kappa shape index (κ1) is 12.1. The Morgan fingerprint density at radius 3 is 2.94 bits per heavy atom. The summed E-state index contributed by atoms with van der Waals surface area (Å²) in [6, 6.07) is 4.59. The van der Waals surface area contributed by atoms with Gasteiger partial charge in [0, 0.05) is 16.5 Å². The lowest BCUT2D eigenvalue weighted by molar-refractivity contribution is 0.178. The van der Waals surface area contributed by atoms with Crippen LogP contribution in [0.5, 0.6) is 0 Å². The lowest BCUT2D eigenvalue weighted by Crippen LogP contribution is -2.05. The van der Waals surface area contributed by atoms with Crippen LogP contribution in [0.2, 0.25) is 0 Å². The van der Waals surface area contributed by atoms with Crippen molar-refractivity contribution in [2.75, 3.05) is 5.73 Å². The number of nitrogens with two attached hydrogens (primary N) is 1. The van der Waals surface area contributed by atoms with Crippen LogP contribution in [0.25, 0.3) is 0 Å². The largest absolute Gasteiger partial charge is 0.388 e. The normalized spacial score (nSPS) is 12.6. The molecule has 0 bridgehead atoms. The number of anilines is 1. The van der Waals surface area contributed by atoms with Crippen molar-refractivity contribution in [1.82, 2.24) is 10.2 Å². The van der Waals surface area contributed by atoms with Crippen molar-refractivity contribution in [2.45, 2.75) is 12.5 Å². The molecule has 1 atom stereocenters. The number of halogens is 2. The summed E-state index contributed by atoms with van der Waals surface area (Å²) >= 11 is 3.26. The second-order valence-corrected chi connectivity index (χ2v) is 4.61. The van der Waals surface area contributed by atoms with Gasteiger partial charge in [-0.3, -0.25) is 5.10 Å². The number of rotatable bonds is 3. The average molecular weight is 300 g/mol. The molecule has 0 saturated heterocycles. The lowest BCUT2D eigenvalue weighted by Gasteiger charge is -2.10. The maximum Gasteiger partial charge on any atom is 0.126 e. The number of aromatic amines is 1. The first-order valence-corrected chi connectivity index (χ1v) is 5.78. The first-order valence-electron chi connectivity index (χ1n) is 4.98. The van der Waals surface area contributed by atoms with Crippen molar-refractivity contribution in [3.63, 3.8) is 0 Å². The maximum atomic E-state index is 13.5. The Hall–Kier alpha value is -1.40. The van der Waals surface area contributed by atoms with Gasteiger partial charge >= 0.3 is 0 Å². The summed E-state index contributed by atoms with van der Waals surface area (Å²) in [6.45, 7) is 0. The number of nitrogens with one attached hydrogen (secondary N) is 1. The molecule has 0 spiro atoms. The Morgan fingerprint density at radius 1 is 1.53 bits per heavy atom. The summed E-state index contributed by atoms with van der Waals surface area (Å²) in [5.41, 5.74) is 6.48. The predicted octanol–water partition coefficient (Wildman–Crippen LogP) is 2.17. The molecule has 0 saturated carbocycles. The third-order valence-corrected chi connectivity index (χ3v) is 2.97. The van der Waals surface area contributed by atoms with Gasteiger partial charge in [-0.05, 0) is 23.8 Å². The highest BCUT2D eigenvalue weighted by Gasteiger charge is 2.15. The summed E-state index contributed by atoms with van der Waals surface area (Å²) in [7, 11) is 0. The summed E-state index contributed by atoms with van der Waals surface area (Å²) < 4.78 is 14.3. The van der Waals surface area contributed by atoms with Crippen LogP contribution in [0.15, 0.2) is 28.9 Å². The highest BCUT2D eigenvalue weighted by molar-refractivity contribution is 9.10. The van der Waals surface area contributed by atoms with Crippen LogP contribution in [0.3, 0.4) is 0 Å². The van der Waals surface area contributed by atoms with E-state index in [-0.39, 0.29) is 12.2 Å². The van der Waals surface area contributed by atoms with Gasteiger partial charge in [-0.15, -0.1) is 0 Å². The zero-order chi connectivity index (χ0) is 12.4. The number of hydrogen-bond donors (Lipinski definition) is 3. The predicted molar refractivity (Wildman–Crippen MR) is 65.8 cm³/mol. The number of aromatic nitrogens is 2. The zero-order valence-corrected chi connectivity index (χ0v) is 10.4. The summed E-state index contributed by atoms with van der Waals surface area (Å²) in [5, 5.41) is 16.2. The number of nitrogen functional groups attached to an aromatic ring is 1. The lowest BCUT2D eigenvalue weighted by atomic mass is 10.0. The quantitative estimate of drug-likeness (QED) is 0.813. The Bertz CT molecular complexity index is 529. The standard InChI is InChI=1S/C11H11BrFN3O/c12-7-1-2-9(13)6(3-7)4-10(17)8-5-15-16-11(8)14/h1-3,5,10,17H,4H2,(H3,14,15,16). The Labute approximate surface area is 106 Å². The second-order valence-electron chi connectivity index (χ2n) is 3.69. The van der Waals surface area contributed by atoms with Crippen LogP contribution in [-0.2, 0) is 6.42 Å². The molecule has 17 heavy (non-hydrogen) atoms. The topological polar surface area (TPSA) is 74.9 Å². The average Bonchev–Trinajstić information content (AvgIpc) is 2.70. The van der Waals surface area contributed by atoms with E-state index in [0.29, 0.717) is 16.9 Å². The minimum atomic E-state index is -0.877. The number of H-pyrrole nitrogens is 1. The Balaban J connectivity index is 2.21. The van der Waals surface area contributed by atoms with Crippen molar-refractivity contribution < 1.29 is 9.50 Å². The number of aliphatic hydroxyl groups is 1. The molecule has 0 radical (unpaired) electrons. The molecule has 4 N–H and O–H groups in total. The Morgan fingerprint density at radius 2 is 2.29 bits per heavy atom. The molecule has 90 valence electrons. The molecule has 2 rings (SSSR count). The third kappa shape index (κ3) is 2.65. The molecule has 1 aromatic carbocycles. The first-order chi connectivity index (χ1) is 8.08. The molecule has 2 aromatic rings. The highest BCUT2D eigenvalue weighted by atomic mass is 79.9. The van der Waals surface area contributed by atoms with Gasteiger partial charge in [-0.1, -0.05) is 15.9 Å². The molecule has 4 nitrogen and oxygen atoms in total. The monoisotopic (exact) mass is 299 g/mol. The molecule has 0 aliphatic carbocycles. The van der Waals surface area contributed by atoms with E-state index in [2.05, 4.69) is 26.1 Å². The van der Waals surface area contributed by atoms with Gasteiger partial charge in [0.25, 0.3) is 0 Å². The molecule has 0 fully saturated rings. The molecule has 6 heteroatoms. The Kier molecular flexibility index (Phi) is 3.44. The second kappa shape index (κ2) is 4.85. The molecule has 1 unspecified atom stereocenters. The van der Waals surface area contributed by atoms with Crippen LogP contribution in [0.1, 0.15) is 17.2 Å². The summed E-state index contributed by atoms with van der Waals surface area (Å²) in [5.74, 6) is -0.0535. The van der Waals surface area contributed by atoms with Gasteiger partial charge < -0.3 is 10.8 Å². The summed E-state index contributed by atoms with van der Waals surface area (Å²) in [4.78, 5) is 0. The van der Waals surface area contributed by atoms with Gasteiger partial charge in [0.1, 0.15) is 11.6 Å². The van der Waals surface area contributed by atoms with Crippen LogP contribution in [0.4, 0.5) is 10.2 Å². The van der Waals surface area contributed by atoms with Gasteiger partial charge in [-0.2, -0.15) is 5.10 Å². The summed E-state index contributed by atoms with van der Waals surface area (Å²) in [6.07, 6.45) is 0.711. The van der Waals surface area contributed by atoms with Crippen molar-refractivity contribution in [1.29, 1.82) is 0 Å². The van der Waals surface area contributed by atoms with Crippen molar-refractivity contribution in [2.24, 2.45) is 0 Å². The van der Waals surface area contributed by atoms with Gasteiger partial charge in [0.05, 0.1) is 12.3 Å². The molecule has 0 amide bonds. The van der Waals surface area contributed by atoms with Crippen LogP contribution >= 0.6 is 15.9 Å². The van der Waals surface area contributed by atoms with E-state index in [1.165, 1.54) is 12.3 Å². The highest BCUT2D eigenvalue weighted by Crippen LogP contribution is 2.24. The smallest absolute Gasteiger partial charge is 0.126 e. The van der Waals surface area contributed by atoms with Gasteiger partial charge in [0.2, 0.25) is 0 Å². The molecular weight excluding hydrogens is 289 g/mol. The van der Waals surface area contributed by atoms with Crippen LogP contribution in [-0.4, -0.2) is 15.3 Å². The van der Waals surface area contributed by atoms with Crippen LogP contribution in [0, 0.1) is 5.82 Å². The van der Waals surface area contributed by atoms with Crippen LogP contribution < -0.4 is 5.73 Å². The third-order valence-electron chi connectivity index (χ3n) is 2.48. The van der Waals surface area contributed by atoms with E-state index in [0.717, 1.165) is 4.47 Å². The molecule has 0 aliphatic rings. The number of nitrogens with zero attached hydrogens (tertiary/aromatic N) is 1. The molecule has 1 heterocycles. The minimum absolute atomic E-state index is 0.148. The number of hydrogen-bond acceptors (Lipinski definition) is 3. The zero-order valence-electron chi connectivity index (χ0n) is 8.82. The van der Waals surface area contributed by atoms with E-state index in [1.807, 2.05) is 0 Å². The van der Waals surface area contributed by atoms with Crippen molar-refractivity contribution >= 4 is 21.7 Å². The van der Waals surface area contributed by atoms with E-state index < -0.39 is 6.10 Å². The van der Waals surface area contributed by atoms with E-state index in [1.54, 1.807) is 12.1 Å². The van der Waals surface area contributed by atoms with E-state index in [4.69, 9.17) is 5.73 Å². The van der Waals surface area contributed by atoms with Crippen molar-refractivity contribution in [3.8, 4) is 0 Å². The molecule has 1 aromatic heterocycles. The van der Waals surface area contributed by atoms with Gasteiger partial charge in [-0.25, -0.2) is 4.39 Å². The fourth-order valence-corrected chi connectivity index (χ4v) is 2.00. The minimum Gasteiger partial charge on any atom is -0.388 e. The SMILES string of the molecule is Nc1[nH]ncc1C(O)Cc1cc(Br)ccc1F. The number of benzene rings is 1. The molecule has 0 aliphatic heterocycles. The van der Waals surface area contributed by atoms with Crippen molar-refractivity contribution in [3.05, 3.63) is 45.8 Å². The van der Waals surface area contributed by atoms with E-state index >= 15 is 0 Å². The fraction of sp³-hybridized carbons (Fsp3) is 0.182. The fourth-order valence-electron chi connectivity index (χ4n) is 1.59. The maximum absolute atomic E-state index is 13.5. The number of aliphatic hydroxyl groups excluding tert-OH is 1.